The number of fused-ring (bicyclic) bond motifs is 1. The second kappa shape index (κ2) is 5.53. The molecule has 5 heteroatoms. The molecule has 0 aliphatic heterocycles. The lowest BCUT2D eigenvalue weighted by atomic mass is 10.1. The first-order chi connectivity index (χ1) is 8.74. The molecule has 0 bridgehead atoms. The molecule has 2 aromatic rings. The van der Waals surface area contributed by atoms with Gasteiger partial charge >= 0.3 is 5.97 Å². The molecule has 0 amide bonds. The maximum atomic E-state index is 11.4. The van der Waals surface area contributed by atoms with Crippen molar-refractivity contribution in [1.29, 1.82) is 0 Å². The van der Waals surface area contributed by atoms with Crippen molar-refractivity contribution < 1.29 is 13.9 Å². The van der Waals surface area contributed by atoms with Crippen LogP contribution < -0.4 is 5.32 Å². The van der Waals surface area contributed by atoms with Crippen molar-refractivity contribution in [2.75, 3.05) is 19.0 Å². The van der Waals surface area contributed by atoms with E-state index in [2.05, 4.69) is 10.3 Å². The molecule has 1 aromatic heterocycles. The molecule has 0 fully saturated rings. The van der Waals surface area contributed by atoms with Gasteiger partial charge in [-0.1, -0.05) is 6.92 Å². The molecule has 0 aliphatic carbocycles. The van der Waals surface area contributed by atoms with E-state index in [4.69, 9.17) is 9.15 Å². The first kappa shape index (κ1) is 12.4. The van der Waals surface area contributed by atoms with Crippen LogP contribution in [-0.4, -0.2) is 24.6 Å². The second-order valence-electron chi connectivity index (χ2n) is 4.04. The van der Waals surface area contributed by atoms with Crippen LogP contribution in [0, 0.1) is 5.92 Å². The van der Waals surface area contributed by atoms with Crippen molar-refractivity contribution in [2.45, 2.75) is 13.3 Å². The minimum Gasteiger partial charge on any atom is -0.469 e. The Balaban J connectivity index is 2.02. The fourth-order valence-electron chi connectivity index (χ4n) is 1.77. The molecule has 0 radical (unpaired) electrons. The Bertz CT molecular complexity index is 536. The van der Waals surface area contributed by atoms with Crippen molar-refractivity contribution in [3.05, 3.63) is 24.6 Å². The van der Waals surface area contributed by atoms with Crippen LogP contribution in [0.1, 0.15) is 13.3 Å². The summed E-state index contributed by atoms with van der Waals surface area (Å²) < 4.78 is 9.96. The normalized spacial score (nSPS) is 12.3. The number of oxazole rings is 1. The van der Waals surface area contributed by atoms with E-state index in [1.54, 1.807) is 0 Å². The molecule has 0 saturated heterocycles. The molecule has 5 nitrogen and oxygen atoms in total. The topological polar surface area (TPSA) is 64.4 Å². The van der Waals surface area contributed by atoms with E-state index >= 15 is 0 Å². The number of esters is 1. The van der Waals surface area contributed by atoms with Gasteiger partial charge in [0, 0.05) is 18.3 Å². The van der Waals surface area contributed by atoms with Crippen molar-refractivity contribution in [1.82, 2.24) is 4.98 Å². The average molecular weight is 248 g/mol. The number of rotatable bonds is 5. The van der Waals surface area contributed by atoms with Crippen LogP contribution in [0.15, 0.2) is 29.0 Å². The lowest BCUT2D eigenvalue weighted by Crippen LogP contribution is -2.23. The van der Waals surface area contributed by atoms with Gasteiger partial charge in [0.15, 0.2) is 12.0 Å². The highest BCUT2D eigenvalue weighted by Crippen LogP contribution is 2.18. The van der Waals surface area contributed by atoms with Gasteiger partial charge in [0.1, 0.15) is 5.52 Å². The zero-order chi connectivity index (χ0) is 13.0. The summed E-state index contributed by atoms with van der Waals surface area (Å²) in [7, 11) is 1.41. The third kappa shape index (κ3) is 2.61. The Morgan fingerprint density at radius 3 is 3.11 bits per heavy atom. The zero-order valence-corrected chi connectivity index (χ0v) is 10.5. The first-order valence-electron chi connectivity index (χ1n) is 5.89. The number of anilines is 1. The molecule has 18 heavy (non-hydrogen) atoms. The van der Waals surface area contributed by atoms with Gasteiger partial charge in [-0.15, -0.1) is 0 Å². The Kier molecular flexibility index (Phi) is 3.82. The fourth-order valence-corrected chi connectivity index (χ4v) is 1.77. The largest absolute Gasteiger partial charge is 0.469 e. The number of ether oxygens (including phenoxy) is 1. The van der Waals surface area contributed by atoms with Gasteiger partial charge in [-0.3, -0.25) is 4.79 Å². The lowest BCUT2D eigenvalue weighted by Gasteiger charge is -2.13. The lowest BCUT2D eigenvalue weighted by molar-refractivity contribution is -0.145. The van der Waals surface area contributed by atoms with E-state index in [1.807, 2.05) is 25.1 Å². The fraction of sp³-hybridized carbons (Fsp3) is 0.385. The van der Waals surface area contributed by atoms with Crippen molar-refractivity contribution >= 4 is 22.8 Å². The molecule has 0 saturated carbocycles. The molecule has 1 aromatic carbocycles. The van der Waals surface area contributed by atoms with Gasteiger partial charge in [0.2, 0.25) is 0 Å². The van der Waals surface area contributed by atoms with Crippen LogP contribution in [-0.2, 0) is 9.53 Å². The predicted octanol–water partition coefficient (Wildman–Crippen LogP) is 2.44. The maximum absolute atomic E-state index is 11.4. The van der Waals surface area contributed by atoms with Crippen LogP contribution in [0.5, 0.6) is 0 Å². The average Bonchev–Trinajstić information content (AvgIpc) is 2.86. The van der Waals surface area contributed by atoms with Crippen molar-refractivity contribution in [2.24, 2.45) is 5.92 Å². The quantitative estimate of drug-likeness (QED) is 0.823. The van der Waals surface area contributed by atoms with Crippen molar-refractivity contribution in [3.8, 4) is 0 Å². The predicted molar refractivity (Wildman–Crippen MR) is 68.3 cm³/mol. The van der Waals surface area contributed by atoms with Crippen LogP contribution in [0.4, 0.5) is 5.69 Å². The standard InChI is InChI=1S/C13H16N2O3/c1-3-9(13(16)17-2)7-14-10-4-5-11-12(6-10)18-8-15-11/h4-6,8-9,14H,3,7H2,1-2H3. The highest BCUT2D eigenvalue weighted by molar-refractivity contribution is 5.77. The van der Waals surface area contributed by atoms with Gasteiger partial charge in [-0.05, 0) is 18.6 Å². The SMILES string of the molecule is CCC(CNc1ccc2ncoc2c1)C(=O)OC. The molecule has 1 atom stereocenters. The Morgan fingerprint density at radius 2 is 2.39 bits per heavy atom. The smallest absolute Gasteiger partial charge is 0.310 e. The summed E-state index contributed by atoms with van der Waals surface area (Å²) in [6.45, 7) is 2.51. The zero-order valence-electron chi connectivity index (χ0n) is 10.5. The minimum absolute atomic E-state index is 0.138. The molecule has 0 spiro atoms. The van der Waals surface area contributed by atoms with Crippen LogP contribution in [0.2, 0.25) is 0 Å². The number of aromatic nitrogens is 1. The summed E-state index contributed by atoms with van der Waals surface area (Å²) >= 11 is 0. The van der Waals surface area contributed by atoms with Gasteiger partial charge in [0.25, 0.3) is 0 Å². The number of benzene rings is 1. The summed E-state index contributed by atoms with van der Waals surface area (Å²) in [6.07, 6.45) is 2.15. The molecule has 2 rings (SSSR count). The minimum atomic E-state index is -0.189. The van der Waals surface area contributed by atoms with E-state index in [0.29, 0.717) is 6.54 Å². The molecule has 96 valence electrons. The molecule has 1 unspecified atom stereocenters. The monoisotopic (exact) mass is 248 g/mol. The Morgan fingerprint density at radius 1 is 1.56 bits per heavy atom. The Labute approximate surface area is 105 Å². The number of nitrogens with zero attached hydrogens (tertiary/aromatic N) is 1. The number of carbonyl (C=O) groups excluding carboxylic acids is 1. The second-order valence-corrected chi connectivity index (χ2v) is 4.04. The Hall–Kier alpha value is -2.04. The third-order valence-corrected chi connectivity index (χ3v) is 2.91. The number of hydrogen-bond acceptors (Lipinski definition) is 5. The molecular weight excluding hydrogens is 232 g/mol. The highest BCUT2D eigenvalue weighted by Gasteiger charge is 2.16. The van der Waals surface area contributed by atoms with E-state index in [0.717, 1.165) is 23.2 Å². The summed E-state index contributed by atoms with van der Waals surface area (Å²) in [5.41, 5.74) is 2.45. The summed E-state index contributed by atoms with van der Waals surface area (Å²) in [5, 5.41) is 3.20. The van der Waals surface area contributed by atoms with Crippen LogP contribution in [0.3, 0.4) is 0 Å². The van der Waals surface area contributed by atoms with Gasteiger partial charge < -0.3 is 14.5 Å². The number of hydrogen-bond donors (Lipinski definition) is 1. The molecule has 0 aliphatic rings. The maximum Gasteiger partial charge on any atom is 0.310 e. The van der Waals surface area contributed by atoms with Crippen molar-refractivity contribution in [3.63, 3.8) is 0 Å². The third-order valence-electron chi connectivity index (χ3n) is 2.91. The molecule has 1 heterocycles. The summed E-state index contributed by atoms with van der Waals surface area (Å²) in [6, 6.07) is 5.65. The van der Waals surface area contributed by atoms with E-state index < -0.39 is 0 Å². The van der Waals surface area contributed by atoms with E-state index in [9.17, 15) is 4.79 Å². The molecular formula is C13H16N2O3. The van der Waals surface area contributed by atoms with E-state index in [-0.39, 0.29) is 11.9 Å². The van der Waals surface area contributed by atoms with Crippen LogP contribution >= 0.6 is 0 Å². The number of nitrogens with one attached hydrogen (secondary N) is 1. The summed E-state index contributed by atoms with van der Waals surface area (Å²) in [5.74, 6) is -0.328. The van der Waals surface area contributed by atoms with E-state index in [1.165, 1.54) is 13.5 Å². The summed E-state index contributed by atoms with van der Waals surface area (Å²) in [4.78, 5) is 15.5. The number of carbonyl (C=O) groups is 1. The molecule has 1 N–H and O–H groups in total. The van der Waals surface area contributed by atoms with Gasteiger partial charge in [0.05, 0.1) is 13.0 Å². The van der Waals surface area contributed by atoms with Gasteiger partial charge in [-0.2, -0.15) is 0 Å². The first-order valence-corrected chi connectivity index (χ1v) is 5.89. The van der Waals surface area contributed by atoms with Gasteiger partial charge in [-0.25, -0.2) is 4.98 Å². The number of methoxy groups -OCH3 is 1. The van der Waals surface area contributed by atoms with Crippen LogP contribution in [0.25, 0.3) is 11.1 Å². The highest BCUT2D eigenvalue weighted by atomic mass is 16.5.